The average molecular weight is 294 g/mol. The summed E-state index contributed by atoms with van der Waals surface area (Å²) in [6.45, 7) is 4.52. The van der Waals surface area contributed by atoms with Crippen LogP contribution in [0.3, 0.4) is 0 Å². The van der Waals surface area contributed by atoms with Crippen molar-refractivity contribution in [3.8, 4) is 0 Å². The Hall–Kier alpha value is -1.99. The van der Waals surface area contributed by atoms with Crippen LogP contribution in [0, 0.1) is 10.1 Å². The van der Waals surface area contributed by atoms with E-state index in [2.05, 4.69) is 0 Å². The molecule has 0 aromatic heterocycles. The SMILES string of the molecule is CC(c1ccccc1[N+](=O)[O-])N1CC(C)(OCC(=O)O)C1. The van der Waals surface area contributed by atoms with E-state index in [0.717, 1.165) is 0 Å². The Balaban J connectivity index is 2.02. The summed E-state index contributed by atoms with van der Waals surface area (Å²) in [5.41, 5.74) is 0.254. The molecule has 21 heavy (non-hydrogen) atoms. The molecule has 1 aliphatic rings. The lowest BCUT2D eigenvalue weighted by molar-refractivity contribution is -0.386. The van der Waals surface area contributed by atoms with E-state index in [1.54, 1.807) is 18.2 Å². The van der Waals surface area contributed by atoms with E-state index < -0.39 is 11.6 Å². The maximum atomic E-state index is 11.1. The number of benzene rings is 1. The number of likely N-dealkylation sites (tertiary alicyclic amines) is 1. The minimum absolute atomic E-state index is 0.102. The third-order valence-electron chi connectivity index (χ3n) is 3.75. The molecule has 7 nitrogen and oxygen atoms in total. The summed E-state index contributed by atoms with van der Waals surface area (Å²) in [6.07, 6.45) is 0. The first kappa shape index (κ1) is 15.4. The number of nitro groups is 1. The summed E-state index contributed by atoms with van der Waals surface area (Å²) < 4.78 is 5.35. The van der Waals surface area contributed by atoms with Crippen LogP contribution in [0.15, 0.2) is 24.3 Å². The molecule has 0 amide bonds. The first-order valence-corrected chi connectivity index (χ1v) is 6.65. The zero-order chi connectivity index (χ0) is 15.6. The highest BCUT2D eigenvalue weighted by Crippen LogP contribution is 2.36. The molecule has 114 valence electrons. The van der Waals surface area contributed by atoms with Gasteiger partial charge in [0.05, 0.1) is 10.5 Å². The second-order valence-corrected chi connectivity index (χ2v) is 5.53. The van der Waals surface area contributed by atoms with Crippen molar-refractivity contribution < 1.29 is 19.6 Å². The van der Waals surface area contributed by atoms with Crippen molar-refractivity contribution in [2.24, 2.45) is 0 Å². The molecule has 1 unspecified atom stereocenters. The monoisotopic (exact) mass is 294 g/mol. The molecule has 0 spiro atoms. The molecule has 2 rings (SSSR count). The van der Waals surface area contributed by atoms with Gasteiger partial charge in [-0.2, -0.15) is 0 Å². The number of aliphatic carboxylic acids is 1. The smallest absolute Gasteiger partial charge is 0.329 e. The number of carboxylic acids is 1. The van der Waals surface area contributed by atoms with Gasteiger partial charge in [-0.3, -0.25) is 15.0 Å². The van der Waals surface area contributed by atoms with Crippen molar-refractivity contribution >= 4 is 11.7 Å². The second kappa shape index (κ2) is 5.79. The van der Waals surface area contributed by atoms with E-state index in [1.165, 1.54) is 6.07 Å². The average Bonchev–Trinajstić information content (AvgIpc) is 2.41. The van der Waals surface area contributed by atoms with Gasteiger partial charge in [0.2, 0.25) is 0 Å². The zero-order valence-electron chi connectivity index (χ0n) is 12.0. The number of nitrogens with zero attached hydrogens (tertiary/aromatic N) is 2. The number of carbonyl (C=O) groups is 1. The van der Waals surface area contributed by atoms with Crippen LogP contribution in [0.1, 0.15) is 25.5 Å². The van der Waals surface area contributed by atoms with Gasteiger partial charge >= 0.3 is 5.97 Å². The fraction of sp³-hybridized carbons (Fsp3) is 0.500. The Morgan fingerprint density at radius 3 is 2.71 bits per heavy atom. The number of nitro benzene ring substituents is 1. The largest absolute Gasteiger partial charge is 0.480 e. The van der Waals surface area contributed by atoms with E-state index in [0.29, 0.717) is 18.7 Å². The van der Waals surface area contributed by atoms with Crippen molar-refractivity contribution in [2.45, 2.75) is 25.5 Å². The van der Waals surface area contributed by atoms with Crippen LogP contribution >= 0.6 is 0 Å². The molecule has 0 radical (unpaired) electrons. The number of hydrogen-bond acceptors (Lipinski definition) is 5. The second-order valence-electron chi connectivity index (χ2n) is 5.53. The predicted molar refractivity (Wildman–Crippen MR) is 75.1 cm³/mol. The van der Waals surface area contributed by atoms with E-state index in [4.69, 9.17) is 9.84 Å². The number of ether oxygens (including phenoxy) is 1. The van der Waals surface area contributed by atoms with Crippen LogP contribution in [0.5, 0.6) is 0 Å². The normalized spacial score (nSPS) is 18.8. The van der Waals surface area contributed by atoms with Gasteiger partial charge in [-0.25, -0.2) is 4.79 Å². The highest BCUT2D eigenvalue weighted by atomic mass is 16.6. The summed E-state index contributed by atoms with van der Waals surface area (Å²) in [7, 11) is 0. The Morgan fingerprint density at radius 1 is 1.52 bits per heavy atom. The molecule has 1 fully saturated rings. The summed E-state index contributed by atoms with van der Waals surface area (Å²) >= 11 is 0. The Labute approximate surface area is 122 Å². The highest BCUT2D eigenvalue weighted by Gasteiger charge is 2.43. The molecule has 1 saturated heterocycles. The molecule has 1 heterocycles. The van der Waals surface area contributed by atoms with Crippen LogP contribution < -0.4 is 0 Å². The third-order valence-corrected chi connectivity index (χ3v) is 3.75. The summed E-state index contributed by atoms with van der Waals surface area (Å²) in [4.78, 5) is 23.2. The number of carboxylic acid groups (broad SMARTS) is 1. The van der Waals surface area contributed by atoms with Crippen LogP contribution in [0.4, 0.5) is 5.69 Å². The van der Waals surface area contributed by atoms with Crippen LogP contribution in [0.2, 0.25) is 0 Å². The lowest BCUT2D eigenvalue weighted by atomic mass is 9.91. The zero-order valence-corrected chi connectivity index (χ0v) is 12.0. The van der Waals surface area contributed by atoms with Gasteiger partial charge in [-0.15, -0.1) is 0 Å². The molecule has 1 aromatic carbocycles. The summed E-state index contributed by atoms with van der Waals surface area (Å²) in [6, 6.07) is 6.54. The van der Waals surface area contributed by atoms with Crippen LogP contribution in [-0.2, 0) is 9.53 Å². The van der Waals surface area contributed by atoms with Gasteiger partial charge in [-0.1, -0.05) is 18.2 Å². The fourth-order valence-electron chi connectivity index (χ4n) is 2.62. The van der Waals surface area contributed by atoms with Gasteiger partial charge in [0.1, 0.15) is 6.61 Å². The molecular weight excluding hydrogens is 276 g/mol. The molecule has 7 heteroatoms. The van der Waals surface area contributed by atoms with E-state index in [1.807, 2.05) is 18.7 Å². The minimum Gasteiger partial charge on any atom is -0.480 e. The topological polar surface area (TPSA) is 92.9 Å². The van der Waals surface area contributed by atoms with Crippen molar-refractivity contribution in [3.63, 3.8) is 0 Å². The van der Waals surface area contributed by atoms with Gasteiger partial charge in [0.15, 0.2) is 0 Å². The molecule has 1 N–H and O–H groups in total. The van der Waals surface area contributed by atoms with Gasteiger partial charge in [-0.05, 0) is 13.8 Å². The maximum Gasteiger partial charge on any atom is 0.329 e. The van der Waals surface area contributed by atoms with Crippen molar-refractivity contribution in [2.75, 3.05) is 19.7 Å². The van der Waals surface area contributed by atoms with Crippen LogP contribution in [0.25, 0.3) is 0 Å². The molecule has 0 bridgehead atoms. The first-order valence-electron chi connectivity index (χ1n) is 6.65. The lowest BCUT2D eigenvalue weighted by Gasteiger charge is -2.50. The van der Waals surface area contributed by atoms with Crippen molar-refractivity contribution in [1.29, 1.82) is 0 Å². The molecule has 1 aromatic rings. The van der Waals surface area contributed by atoms with Gasteiger partial charge < -0.3 is 9.84 Å². The Kier molecular flexibility index (Phi) is 4.24. The van der Waals surface area contributed by atoms with E-state index in [9.17, 15) is 14.9 Å². The predicted octanol–water partition coefficient (Wildman–Crippen LogP) is 1.83. The molecule has 1 atom stereocenters. The highest BCUT2D eigenvalue weighted by molar-refractivity contribution is 5.68. The Morgan fingerprint density at radius 2 is 2.14 bits per heavy atom. The third kappa shape index (κ3) is 3.37. The standard InChI is InChI=1S/C14H18N2O5/c1-10(11-5-3-4-6-12(11)16(19)20)15-8-14(2,9-15)21-7-13(17)18/h3-6,10H,7-9H2,1-2H3,(H,17,18). The fourth-order valence-corrected chi connectivity index (χ4v) is 2.62. The molecule has 0 aliphatic carbocycles. The quantitative estimate of drug-likeness (QED) is 0.635. The van der Waals surface area contributed by atoms with Crippen molar-refractivity contribution in [1.82, 2.24) is 4.90 Å². The van der Waals surface area contributed by atoms with Crippen molar-refractivity contribution in [3.05, 3.63) is 39.9 Å². The number of rotatable bonds is 6. The summed E-state index contributed by atoms with van der Waals surface area (Å²) in [5, 5.41) is 19.7. The van der Waals surface area contributed by atoms with E-state index in [-0.39, 0.29) is 23.3 Å². The number of para-hydroxylation sites is 1. The maximum absolute atomic E-state index is 11.1. The number of hydrogen-bond donors (Lipinski definition) is 1. The minimum atomic E-state index is -0.999. The van der Waals surface area contributed by atoms with Crippen LogP contribution in [-0.4, -0.2) is 46.2 Å². The van der Waals surface area contributed by atoms with Gasteiger partial charge in [0.25, 0.3) is 5.69 Å². The first-order chi connectivity index (χ1) is 9.82. The molecular formula is C14H18N2O5. The Bertz CT molecular complexity index is 554. The summed E-state index contributed by atoms with van der Waals surface area (Å²) in [5.74, 6) is -0.999. The molecule has 0 saturated carbocycles. The lowest BCUT2D eigenvalue weighted by Crippen LogP contribution is -2.62. The molecule has 1 aliphatic heterocycles. The van der Waals surface area contributed by atoms with E-state index >= 15 is 0 Å². The van der Waals surface area contributed by atoms with Gasteiger partial charge in [0, 0.05) is 30.8 Å².